The van der Waals surface area contributed by atoms with Gasteiger partial charge in [0.25, 0.3) is 5.91 Å². The maximum Gasteiger partial charge on any atom is 0.314 e. The number of hydrogen-bond donors (Lipinski definition) is 0. The van der Waals surface area contributed by atoms with Crippen LogP contribution in [0.2, 0.25) is 5.02 Å². The Morgan fingerprint density at radius 1 is 1.32 bits per heavy atom. The minimum absolute atomic E-state index is 0.0715. The molecule has 2 bridgehead atoms. The molecule has 3 atom stereocenters. The second-order valence-electron chi connectivity index (χ2n) is 6.74. The smallest absolute Gasteiger partial charge is 0.314 e. The SMILES string of the molecule is CCOC(=O)[C@@]1(CC)C[C@H]2CC[C@@H]1N2C(=O)c1ccc(Cl)cc1OC. The molecule has 0 radical (unpaired) electrons. The zero-order valence-electron chi connectivity index (χ0n) is 14.9. The lowest BCUT2D eigenvalue weighted by atomic mass is 9.72. The van der Waals surface area contributed by atoms with E-state index in [4.69, 9.17) is 21.1 Å². The van der Waals surface area contributed by atoms with E-state index in [0.717, 1.165) is 12.8 Å². The van der Waals surface area contributed by atoms with Crippen molar-refractivity contribution in [1.82, 2.24) is 4.90 Å². The molecule has 0 aliphatic carbocycles. The molecular weight excluding hydrogens is 342 g/mol. The third-order valence-corrected chi connectivity index (χ3v) is 5.92. The molecule has 0 spiro atoms. The van der Waals surface area contributed by atoms with E-state index >= 15 is 0 Å². The Morgan fingerprint density at radius 3 is 2.72 bits per heavy atom. The first kappa shape index (κ1) is 18.1. The number of carbonyl (C=O) groups is 2. The van der Waals surface area contributed by atoms with E-state index in [1.807, 2.05) is 18.7 Å². The largest absolute Gasteiger partial charge is 0.496 e. The molecule has 0 saturated carbocycles. The molecule has 2 heterocycles. The zero-order chi connectivity index (χ0) is 18.2. The van der Waals surface area contributed by atoms with E-state index in [-0.39, 0.29) is 24.0 Å². The first-order chi connectivity index (χ1) is 12.0. The summed E-state index contributed by atoms with van der Waals surface area (Å²) in [5.74, 6) is 0.188. The number of hydrogen-bond acceptors (Lipinski definition) is 4. The average molecular weight is 366 g/mol. The Kier molecular flexibility index (Phi) is 4.96. The van der Waals surface area contributed by atoms with E-state index in [1.54, 1.807) is 18.2 Å². The Bertz CT molecular complexity index is 692. The molecule has 2 fully saturated rings. The number of esters is 1. The number of nitrogens with zero attached hydrogens (tertiary/aromatic N) is 1. The van der Waals surface area contributed by atoms with E-state index in [2.05, 4.69) is 0 Å². The molecule has 0 N–H and O–H groups in total. The van der Waals surface area contributed by atoms with Gasteiger partial charge in [0.15, 0.2) is 0 Å². The summed E-state index contributed by atoms with van der Waals surface area (Å²) in [4.78, 5) is 27.8. The predicted molar refractivity (Wildman–Crippen MR) is 95.0 cm³/mol. The van der Waals surface area contributed by atoms with E-state index in [1.165, 1.54) is 7.11 Å². The van der Waals surface area contributed by atoms with Crippen molar-refractivity contribution in [2.45, 2.75) is 51.6 Å². The number of methoxy groups -OCH3 is 1. The molecule has 2 saturated heterocycles. The third kappa shape index (κ3) is 2.78. The molecule has 3 rings (SSSR count). The molecule has 25 heavy (non-hydrogen) atoms. The monoisotopic (exact) mass is 365 g/mol. The summed E-state index contributed by atoms with van der Waals surface area (Å²) in [6.07, 6.45) is 3.11. The molecule has 0 aromatic heterocycles. The second-order valence-corrected chi connectivity index (χ2v) is 7.17. The van der Waals surface area contributed by atoms with Gasteiger partial charge in [0.05, 0.1) is 24.7 Å². The number of fused-ring (bicyclic) bond motifs is 2. The fourth-order valence-corrected chi connectivity index (χ4v) is 4.65. The number of ether oxygens (including phenoxy) is 2. The van der Waals surface area contributed by atoms with Gasteiger partial charge in [0.2, 0.25) is 0 Å². The van der Waals surface area contributed by atoms with Crippen LogP contribution in [-0.4, -0.2) is 42.6 Å². The lowest BCUT2D eigenvalue weighted by molar-refractivity contribution is -0.157. The van der Waals surface area contributed by atoms with Crippen LogP contribution in [0.5, 0.6) is 5.75 Å². The van der Waals surface area contributed by atoms with Gasteiger partial charge in [-0.15, -0.1) is 0 Å². The standard InChI is InChI=1S/C19H24ClNO4/c1-4-19(18(23)25-5-2)11-13-7-9-16(19)21(13)17(22)14-8-6-12(20)10-15(14)24-3/h6,8,10,13,16H,4-5,7,9,11H2,1-3H3/t13-,16+,19+/m1/s1. The maximum atomic E-state index is 13.2. The molecule has 2 aliphatic heterocycles. The highest BCUT2D eigenvalue weighted by molar-refractivity contribution is 6.30. The van der Waals surface area contributed by atoms with Crippen molar-refractivity contribution in [3.8, 4) is 5.75 Å². The third-order valence-electron chi connectivity index (χ3n) is 5.68. The van der Waals surface area contributed by atoms with Gasteiger partial charge >= 0.3 is 5.97 Å². The summed E-state index contributed by atoms with van der Waals surface area (Å²) in [5, 5.41) is 0.521. The summed E-state index contributed by atoms with van der Waals surface area (Å²) in [5.41, 5.74) is -0.103. The van der Waals surface area contributed by atoms with Gasteiger partial charge in [0, 0.05) is 17.1 Å². The van der Waals surface area contributed by atoms with Crippen molar-refractivity contribution in [2.75, 3.05) is 13.7 Å². The van der Waals surface area contributed by atoms with Crippen molar-refractivity contribution >= 4 is 23.5 Å². The van der Waals surface area contributed by atoms with Crippen molar-refractivity contribution < 1.29 is 19.1 Å². The summed E-state index contributed by atoms with van der Waals surface area (Å²) in [7, 11) is 1.52. The summed E-state index contributed by atoms with van der Waals surface area (Å²) < 4.78 is 10.7. The maximum absolute atomic E-state index is 13.2. The van der Waals surface area contributed by atoms with Crippen LogP contribution in [0.1, 0.15) is 49.9 Å². The van der Waals surface area contributed by atoms with Crippen LogP contribution < -0.4 is 4.74 Å². The number of halogens is 1. The second kappa shape index (κ2) is 6.87. The quantitative estimate of drug-likeness (QED) is 0.747. The Morgan fingerprint density at radius 2 is 2.08 bits per heavy atom. The van der Waals surface area contributed by atoms with Gasteiger partial charge < -0.3 is 14.4 Å². The van der Waals surface area contributed by atoms with Gasteiger partial charge in [0.1, 0.15) is 5.75 Å². The van der Waals surface area contributed by atoms with Crippen LogP contribution in [0.3, 0.4) is 0 Å². The van der Waals surface area contributed by atoms with Crippen LogP contribution in [0.25, 0.3) is 0 Å². The fraction of sp³-hybridized carbons (Fsp3) is 0.579. The molecule has 0 unspecified atom stereocenters. The Balaban J connectivity index is 1.94. The number of amides is 1. The van der Waals surface area contributed by atoms with Gasteiger partial charge in [-0.25, -0.2) is 0 Å². The molecule has 2 aliphatic rings. The van der Waals surface area contributed by atoms with Gasteiger partial charge in [-0.1, -0.05) is 18.5 Å². The summed E-state index contributed by atoms with van der Waals surface area (Å²) in [6, 6.07) is 4.98. The van der Waals surface area contributed by atoms with Crippen LogP contribution >= 0.6 is 11.6 Å². The topological polar surface area (TPSA) is 55.8 Å². The number of carbonyl (C=O) groups excluding carboxylic acids is 2. The lowest BCUT2D eigenvalue weighted by Gasteiger charge is -2.34. The summed E-state index contributed by atoms with van der Waals surface area (Å²) >= 11 is 6.01. The van der Waals surface area contributed by atoms with Crippen LogP contribution in [0, 0.1) is 5.41 Å². The van der Waals surface area contributed by atoms with Gasteiger partial charge in [-0.2, -0.15) is 0 Å². The first-order valence-corrected chi connectivity index (χ1v) is 9.19. The van der Waals surface area contributed by atoms with Crippen LogP contribution in [0.15, 0.2) is 18.2 Å². The fourth-order valence-electron chi connectivity index (χ4n) is 4.49. The molecule has 1 amide bonds. The molecule has 5 nitrogen and oxygen atoms in total. The molecule has 136 valence electrons. The molecular formula is C19H24ClNO4. The highest BCUT2D eigenvalue weighted by Crippen LogP contribution is 2.53. The Labute approximate surface area is 153 Å². The van der Waals surface area contributed by atoms with Crippen LogP contribution in [-0.2, 0) is 9.53 Å². The summed E-state index contributed by atoms with van der Waals surface area (Å²) in [6.45, 7) is 4.18. The van der Waals surface area contributed by atoms with Crippen molar-refractivity contribution in [3.63, 3.8) is 0 Å². The van der Waals surface area contributed by atoms with E-state index < -0.39 is 5.41 Å². The molecule has 6 heteroatoms. The Hall–Kier alpha value is -1.75. The van der Waals surface area contributed by atoms with Gasteiger partial charge in [-0.05, 0) is 50.8 Å². The minimum Gasteiger partial charge on any atom is -0.496 e. The van der Waals surface area contributed by atoms with E-state index in [9.17, 15) is 9.59 Å². The molecule has 1 aromatic rings. The predicted octanol–water partition coefficient (Wildman–Crippen LogP) is 3.69. The van der Waals surface area contributed by atoms with Crippen molar-refractivity contribution in [1.29, 1.82) is 0 Å². The number of benzene rings is 1. The molecule has 1 aromatic carbocycles. The van der Waals surface area contributed by atoms with Crippen LogP contribution in [0.4, 0.5) is 0 Å². The zero-order valence-corrected chi connectivity index (χ0v) is 15.6. The van der Waals surface area contributed by atoms with E-state index in [0.29, 0.717) is 35.8 Å². The lowest BCUT2D eigenvalue weighted by Crippen LogP contribution is -2.45. The van der Waals surface area contributed by atoms with Crippen molar-refractivity contribution in [2.24, 2.45) is 5.41 Å². The number of rotatable bonds is 5. The van der Waals surface area contributed by atoms with Crippen molar-refractivity contribution in [3.05, 3.63) is 28.8 Å². The first-order valence-electron chi connectivity index (χ1n) is 8.82. The average Bonchev–Trinajstić information content (AvgIpc) is 3.17. The minimum atomic E-state index is -0.589. The highest BCUT2D eigenvalue weighted by atomic mass is 35.5. The van der Waals surface area contributed by atoms with Gasteiger partial charge in [-0.3, -0.25) is 9.59 Å². The normalized spacial score (nSPS) is 27.4. The highest BCUT2D eigenvalue weighted by Gasteiger charge is 2.61.